The lowest BCUT2D eigenvalue weighted by Gasteiger charge is -2.48. The van der Waals surface area contributed by atoms with Crippen LogP contribution in [0.15, 0.2) is 22.3 Å². The van der Waals surface area contributed by atoms with Crippen LogP contribution in [0.4, 0.5) is 0 Å². The zero-order valence-electron chi connectivity index (χ0n) is 10.2. The minimum absolute atomic E-state index is 0.176. The third kappa shape index (κ3) is 1.74. The fourth-order valence-electron chi connectivity index (χ4n) is 3.65. The highest BCUT2D eigenvalue weighted by molar-refractivity contribution is 6.29. The van der Waals surface area contributed by atoms with Crippen LogP contribution in [0.5, 0.6) is 0 Å². The van der Waals surface area contributed by atoms with Gasteiger partial charge < -0.3 is 5.32 Å². The van der Waals surface area contributed by atoms with Crippen molar-refractivity contribution in [3.8, 4) is 0 Å². The van der Waals surface area contributed by atoms with Crippen molar-refractivity contribution in [2.45, 2.75) is 51.5 Å². The summed E-state index contributed by atoms with van der Waals surface area (Å²) in [5, 5.41) is 4.17. The normalized spacial score (nSPS) is 36.9. The molecule has 0 spiro atoms. The topological polar surface area (TPSA) is 29.1 Å². The summed E-state index contributed by atoms with van der Waals surface area (Å²) in [4.78, 5) is 11.5. The van der Waals surface area contributed by atoms with E-state index in [0.717, 1.165) is 37.1 Å². The van der Waals surface area contributed by atoms with Crippen molar-refractivity contribution in [3.63, 3.8) is 0 Å². The van der Waals surface area contributed by atoms with Gasteiger partial charge in [-0.1, -0.05) is 24.1 Å². The van der Waals surface area contributed by atoms with E-state index in [1.54, 1.807) is 5.57 Å². The molecule has 0 aromatic carbocycles. The summed E-state index contributed by atoms with van der Waals surface area (Å²) < 4.78 is 0. The molecule has 3 rings (SSSR count). The minimum Gasteiger partial charge on any atom is -0.352 e. The smallest absolute Gasteiger partial charge is 0.220 e. The van der Waals surface area contributed by atoms with E-state index >= 15 is 0 Å². The van der Waals surface area contributed by atoms with Gasteiger partial charge in [-0.05, 0) is 43.8 Å². The Bertz CT molecular complexity index is 438. The highest BCUT2D eigenvalue weighted by Crippen LogP contribution is 2.50. The van der Waals surface area contributed by atoms with Crippen molar-refractivity contribution < 1.29 is 4.79 Å². The molecule has 0 bridgehead atoms. The van der Waals surface area contributed by atoms with Gasteiger partial charge in [-0.3, -0.25) is 4.79 Å². The molecule has 1 saturated heterocycles. The zero-order valence-corrected chi connectivity index (χ0v) is 10.9. The first-order valence-corrected chi connectivity index (χ1v) is 6.85. The van der Waals surface area contributed by atoms with Crippen LogP contribution in [0, 0.1) is 5.41 Å². The number of halogens is 1. The van der Waals surface area contributed by atoms with Gasteiger partial charge in [0.1, 0.15) is 0 Å². The largest absolute Gasteiger partial charge is 0.352 e. The number of fused-ring (bicyclic) bond motifs is 2. The Morgan fingerprint density at radius 2 is 2.18 bits per heavy atom. The molecule has 1 heterocycles. The molecule has 17 heavy (non-hydrogen) atoms. The second kappa shape index (κ2) is 3.88. The van der Waals surface area contributed by atoms with Crippen LogP contribution in [-0.2, 0) is 4.79 Å². The van der Waals surface area contributed by atoms with E-state index in [9.17, 15) is 4.79 Å². The van der Waals surface area contributed by atoms with Crippen molar-refractivity contribution in [2.24, 2.45) is 5.41 Å². The molecular formula is C14H18ClNO. The van der Waals surface area contributed by atoms with Gasteiger partial charge in [0.15, 0.2) is 0 Å². The standard InChI is InChI=1S/C14H18ClNO/c1-14-7-6-13(17)16-12(14)5-2-9-8-10(15)3-4-11(9)14/h8,12H,2-7H2,1H3,(H,16,17)/t12-,14-/m1/s1. The van der Waals surface area contributed by atoms with Crippen LogP contribution in [0.2, 0.25) is 0 Å². The van der Waals surface area contributed by atoms with Crippen LogP contribution in [-0.4, -0.2) is 11.9 Å². The Hall–Kier alpha value is -0.760. The zero-order chi connectivity index (χ0) is 12.0. The first-order chi connectivity index (χ1) is 8.09. The predicted molar refractivity (Wildman–Crippen MR) is 68.7 cm³/mol. The van der Waals surface area contributed by atoms with E-state index in [2.05, 4.69) is 18.3 Å². The summed E-state index contributed by atoms with van der Waals surface area (Å²) in [5.74, 6) is 0.223. The molecule has 1 fully saturated rings. The van der Waals surface area contributed by atoms with Gasteiger partial charge in [-0.15, -0.1) is 0 Å². The Labute approximate surface area is 107 Å². The number of amides is 1. The van der Waals surface area contributed by atoms with Crippen LogP contribution < -0.4 is 5.32 Å². The van der Waals surface area contributed by atoms with Crippen LogP contribution in [0.1, 0.15) is 45.4 Å². The van der Waals surface area contributed by atoms with Crippen molar-refractivity contribution in [1.29, 1.82) is 0 Å². The summed E-state index contributed by atoms with van der Waals surface area (Å²) in [7, 11) is 0. The highest BCUT2D eigenvalue weighted by atomic mass is 35.5. The molecule has 1 aliphatic heterocycles. The molecule has 3 heteroatoms. The van der Waals surface area contributed by atoms with Gasteiger partial charge in [-0.2, -0.15) is 0 Å². The maximum atomic E-state index is 11.5. The molecule has 0 unspecified atom stereocenters. The average molecular weight is 252 g/mol. The molecular weight excluding hydrogens is 234 g/mol. The van der Waals surface area contributed by atoms with Gasteiger partial charge in [-0.25, -0.2) is 0 Å². The third-order valence-corrected chi connectivity index (χ3v) is 5.00. The summed E-state index contributed by atoms with van der Waals surface area (Å²) in [6, 6.07) is 0.341. The lowest BCUT2D eigenvalue weighted by atomic mass is 9.62. The quantitative estimate of drug-likeness (QED) is 0.703. The molecule has 0 saturated carbocycles. The summed E-state index contributed by atoms with van der Waals surface area (Å²) >= 11 is 6.14. The molecule has 3 aliphatic rings. The number of hydrogen-bond donors (Lipinski definition) is 1. The fraction of sp³-hybridized carbons (Fsp3) is 0.643. The van der Waals surface area contributed by atoms with Crippen LogP contribution in [0.3, 0.4) is 0 Å². The Morgan fingerprint density at radius 3 is 3.00 bits per heavy atom. The predicted octanol–water partition coefficient (Wildman–Crippen LogP) is 3.28. The van der Waals surface area contributed by atoms with Crippen molar-refractivity contribution in [1.82, 2.24) is 5.32 Å². The number of nitrogens with one attached hydrogen (secondary N) is 1. The first-order valence-electron chi connectivity index (χ1n) is 6.47. The number of allylic oxidation sites excluding steroid dienone is 3. The number of carbonyl (C=O) groups excluding carboxylic acids is 1. The van der Waals surface area contributed by atoms with Crippen molar-refractivity contribution in [2.75, 3.05) is 0 Å². The molecule has 0 radical (unpaired) electrons. The maximum Gasteiger partial charge on any atom is 0.220 e. The van der Waals surface area contributed by atoms with Gasteiger partial charge in [0.2, 0.25) is 5.91 Å². The Kier molecular flexibility index (Phi) is 2.58. The number of carbonyl (C=O) groups is 1. The monoisotopic (exact) mass is 251 g/mol. The SMILES string of the molecule is C[C@]12CCC(=O)N[C@@H]1CCC1=C2CCC(Cl)=C1. The maximum absolute atomic E-state index is 11.5. The Morgan fingerprint density at radius 1 is 1.35 bits per heavy atom. The lowest BCUT2D eigenvalue weighted by molar-refractivity contribution is -0.125. The van der Waals surface area contributed by atoms with Crippen molar-refractivity contribution >= 4 is 17.5 Å². The van der Waals surface area contributed by atoms with E-state index in [1.807, 2.05) is 0 Å². The van der Waals surface area contributed by atoms with E-state index in [0.29, 0.717) is 12.5 Å². The summed E-state index contributed by atoms with van der Waals surface area (Å²) in [6.07, 6.45) is 7.99. The summed E-state index contributed by atoms with van der Waals surface area (Å²) in [6.45, 7) is 2.32. The van der Waals surface area contributed by atoms with E-state index in [-0.39, 0.29) is 11.3 Å². The Balaban J connectivity index is 2.00. The minimum atomic E-state index is 0.176. The number of rotatable bonds is 0. The van der Waals surface area contributed by atoms with Gasteiger partial charge in [0.05, 0.1) is 0 Å². The fourth-order valence-corrected chi connectivity index (χ4v) is 3.88. The summed E-state index contributed by atoms with van der Waals surface area (Å²) in [5.41, 5.74) is 3.17. The molecule has 1 N–H and O–H groups in total. The molecule has 2 aliphatic carbocycles. The lowest BCUT2D eigenvalue weighted by Crippen LogP contribution is -2.53. The number of piperidine rings is 1. The van der Waals surface area contributed by atoms with E-state index < -0.39 is 0 Å². The molecule has 2 atom stereocenters. The molecule has 1 amide bonds. The van der Waals surface area contributed by atoms with Gasteiger partial charge in [0, 0.05) is 22.9 Å². The van der Waals surface area contributed by atoms with Crippen LogP contribution in [0.25, 0.3) is 0 Å². The van der Waals surface area contributed by atoms with Gasteiger partial charge >= 0.3 is 0 Å². The number of hydrogen-bond acceptors (Lipinski definition) is 1. The molecule has 0 aromatic heterocycles. The molecule has 2 nitrogen and oxygen atoms in total. The van der Waals surface area contributed by atoms with E-state index in [1.165, 1.54) is 5.57 Å². The third-order valence-electron chi connectivity index (χ3n) is 4.70. The second-order valence-electron chi connectivity index (χ2n) is 5.67. The van der Waals surface area contributed by atoms with E-state index in [4.69, 9.17) is 11.6 Å². The molecule has 0 aromatic rings. The highest BCUT2D eigenvalue weighted by Gasteiger charge is 2.45. The average Bonchev–Trinajstić information content (AvgIpc) is 2.30. The second-order valence-corrected chi connectivity index (χ2v) is 6.16. The van der Waals surface area contributed by atoms with Crippen LogP contribution >= 0.6 is 11.6 Å². The first kappa shape index (κ1) is 11.3. The van der Waals surface area contributed by atoms with Gasteiger partial charge in [0.25, 0.3) is 0 Å². The van der Waals surface area contributed by atoms with Crippen molar-refractivity contribution in [3.05, 3.63) is 22.3 Å². The molecule has 92 valence electrons.